The van der Waals surface area contributed by atoms with Crippen molar-refractivity contribution >= 4 is 11.8 Å². The molecule has 2 aliphatic rings. The highest BCUT2D eigenvalue weighted by atomic mass is 16.3. The van der Waals surface area contributed by atoms with Gasteiger partial charge in [-0.2, -0.15) is 0 Å². The maximum atomic E-state index is 13.0. The van der Waals surface area contributed by atoms with Crippen LogP contribution in [0.25, 0.3) is 0 Å². The van der Waals surface area contributed by atoms with Crippen molar-refractivity contribution in [2.45, 2.75) is 56.5 Å². The maximum absolute atomic E-state index is 13.0. The molecule has 5 heteroatoms. The van der Waals surface area contributed by atoms with E-state index in [-0.39, 0.29) is 30.7 Å². The number of likely N-dealkylation sites (tertiary alicyclic amines) is 1. The predicted octanol–water partition coefficient (Wildman–Crippen LogP) is 2.45. The number of benzene rings is 1. The lowest BCUT2D eigenvalue weighted by Crippen LogP contribution is -2.53. The van der Waals surface area contributed by atoms with Crippen LogP contribution in [0.4, 0.5) is 0 Å². The monoisotopic (exact) mass is 358 g/mol. The van der Waals surface area contributed by atoms with Crippen LogP contribution in [0, 0.1) is 5.92 Å². The molecule has 1 aromatic rings. The van der Waals surface area contributed by atoms with Crippen molar-refractivity contribution in [3.8, 4) is 0 Å². The summed E-state index contributed by atoms with van der Waals surface area (Å²) in [6.45, 7) is 0.964. The summed E-state index contributed by atoms with van der Waals surface area (Å²) >= 11 is 0. The number of hydrogen-bond donors (Lipinski definition) is 2. The molecule has 0 bridgehead atoms. The molecule has 3 rings (SSSR count). The second-order valence-electron chi connectivity index (χ2n) is 7.90. The Morgan fingerprint density at radius 1 is 1.19 bits per heavy atom. The Kier molecular flexibility index (Phi) is 5.97. The third kappa shape index (κ3) is 4.44. The van der Waals surface area contributed by atoms with Crippen LogP contribution < -0.4 is 5.32 Å². The number of carbonyl (C=O) groups excluding carboxylic acids is 2. The Balaban J connectivity index is 1.55. The lowest BCUT2D eigenvalue weighted by atomic mass is 9.78. The molecule has 142 valence electrons. The summed E-state index contributed by atoms with van der Waals surface area (Å²) in [7, 11) is 1.57. The van der Waals surface area contributed by atoms with Crippen LogP contribution >= 0.6 is 0 Å². The number of aliphatic hydroxyl groups is 1. The molecular formula is C21H30N2O3. The molecule has 0 radical (unpaired) electrons. The maximum Gasteiger partial charge on any atom is 0.225 e. The van der Waals surface area contributed by atoms with Gasteiger partial charge in [0.15, 0.2) is 0 Å². The molecule has 1 aromatic carbocycles. The van der Waals surface area contributed by atoms with Gasteiger partial charge in [-0.05, 0) is 50.0 Å². The van der Waals surface area contributed by atoms with Crippen molar-refractivity contribution in [2.75, 3.05) is 20.1 Å². The Morgan fingerprint density at radius 3 is 2.54 bits per heavy atom. The van der Waals surface area contributed by atoms with E-state index in [1.165, 1.54) is 5.56 Å². The lowest BCUT2D eigenvalue weighted by Gasteiger charge is -2.41. The van der Waals surface area contributed by atoms with E-state index in [1.54, 1.807) is 11.9 Å². The number of nitrogens with one attached hydrogen (secondary N) is 1. The number of carbonyl (C=O) groups is 2. The van der Waals surface area contributed by atoms with Crippen molar-refractivity contribution in [2.24, 2.45) is 5.92 Å². The highest BCUT2D eigenvalue weighted by Crippen LogP contribution is 2.37. The van der Waals surface area contributed by atoms with Crippen LogP contribution in [-0.4, -0.2) is 47.6 Å². The van der Waals surface area contributed by atoms with Gasteiger partial charge < -0.3 is 15.3 Å². The van der Waals surface area contributed by atoms with E-state index in [0.717, 1.165) is 32.1 Å². The van der Waals surface area contributed by atoms with E-state index in [0.29, 0.717) is 18.9 Å². The molecule has 1 aliphatic carbocycles. The van der Waals surface area contributed by atoms with Crippen LogP contribution in [0.2, 0.25) is 0 Å². The van der Waals surface area contributed by atoms with E-state index < -0.39 is 5.60 Å². The van der Waals surface area contributed by atoms with E-state index >= 15 is 0 Å². The van der Waals surface area contributed by atoms with E-state index in [1.807, 2.05) is 6.07 Å². The third-order valence-corrected chi connectivity index (χ3v) is 5.98. The molecule has 2 N–H and O–H groups in total. The van der Waals surface area contributed by atoms with Gasteiger partial charge in [-0.15, -0.1) is 0 Å². The molecule has 1 saturated heterocycles. The quantitative estimate of drug-likeness (QED) is 0.869. The summed E-state index contributed by atoms with van der Waals surface area (Å²) in [6.07, 6.45) is 5.27. The van der Waals surface area contributed by atoms with Gasteiger partial charge in [-0.1, -0.05) is 30.3 Å². The Hall–Kier alpha value is -1.88. The predicted molar refractivity (Wildman–Crippen MR) is 101 cm³/mol. The standard InChI is InChI=1S/C21H30N2O3/c1-22-19(24)14-21(26)12-5-13-23(15-21)20(25)18-10-8-17(9-11-18)16-6-3-2-4-7-16/h2-4,6-7,17-18,26H,5,8-15H2,1H3,(H,22,24). The average Bonchev–Trinajstić information content (AvgIpc) is 2.68. The van der Waals surface area contributed by atoms with E-state index in [4.69, 9.17) is 0 Å². The van der Waals surface area contributed by atoms with Gasteiger partial charge >= 0.3 is 0 Å². The first kappa shape index (κ1) is 18.9. The summed E-state index contributed by atoms with van der Waals surface area (Å²) in [6, 6.07) is 10.5. The SMILES string of the molecule is CNC(=O)CC1(O)CCCN(C(=O)C2CCC(c3ccccc3)CC2)C1. The summed E-state index contributed by atoms with van der Waals surface area (Å²) in [5.74, 6) is 0.584. The minimum Gasteiger partial charge on any atom is -0.388 e. The Bertz CT molecular complexity index is 625. The first-order valence-corrected chi connectivity index (χ1v) is 9.77. The number of nitrogens with zero attached hydrogens (tertiary/aromatic N) is 1. The number of β-amino-alcohol motifs (C(OH)–C–C–N with tert-alkyl or cyclic N) is 1. The van der Waals surface area contributed by atoms with Gasteiger partial charge in [0.25, 0.3) is 0 Å². The number of piperidine rings is 1. The van der Waals surface area contributed by atoms with Gasteiger partial charge in [-0.3, -0.25) is 9.59 Å². The van der Waals surface area contributed by atoms with Gasteiger partial charge in [0.1, 0.15) is 0 Å². The molecule has 1 heterocycles. The van der Waals surface area contributed by atoms with Gasteiger partial charge in [0.05, 0.1) is 12.0 Å². The first-order valence-electron chi connectivity index (χ1n) is 9.77. The number of amides is 2. The first-order chi connectivity index (χ1) is 12.5. The summed E-state index contributed by atoms with van der Waals surface area (Å²) in [4.78, 5) is 26.4. The summed E-state index contributed by atoms with van der Waals surface area (Å²) < 4.78 is 0. The molecule has 26 heavy (non-hydrogen) atoms. The Morgan fingerprint density at radius 2 is 1.88 bits per heavy atom. The summed E-state index contributed by atoms with van der Waals surface area (Å²) in [5.41, 5.74) is 0.284. The zero-order chi connectivity index (χ0) is 18.6. The number of hydrogen-bond acceptors (Lipinski definition) is 3. The van der Waals surface area contributed by atoms with Crippen LogP contribution in [-0.2, 0) is 9.59 Å². The largest absolute Gasteiger partial charge is 0.388 e. The van der Waals surface area contributed by atoms with Crippen molar-refractivity contribution in [3.63, 3.8) is 0 Å². The fraction of sp³-hybridized carbons (Fsp3) is 0.619. The van der Waals surface area contributed by atoms with Gasteiger partial charge in [-0.25, -0.2) is 0 Å². The van der Waals surface area contributed by atoms with Crippen LogP contribution in [0.15, 0.2) is 30.3 Å². The van der Waals surface area contributed by atoms with Crippen LogP contribution in [0.5, 0.6) is 0 Å². The molecule has 1 saturated carbocycles. The average molecular weight is 358 g/mol. The zero-order valence-corrected chi connectivity index (χ0v) is 15.6. The minimum atomic E-state index is -1.09. The fourth-order valence-electron chi connectivity index (χ4n) is 4.49. The fourth-order valence-corrected chi connectivity index (χ4v) is 4.49. The second-order valence-corrected chi connectivity index (χ2v) is 7.90. The van der Waals surface area contributed by atoms with Crippen molar-refractivity contribution < 1.29 is 14.7 Å². The van der Waals surface area contributed by atoms with Crippen LogP contribution in [0.1, 0.15) is 56.4 Å². The number of rotatable bonds is 4. The van der Waals surface area contributed by atoms with E-state index in [2.05, 4.69) is 29.6 Å². The van der Waals surface area contributed by atoms with Gasteiger partial charge in [0, 0.05) is 26.1 Å². The molecule has 2 amide bonds. The van der Waals surface area contributed by atoms with Crippen molar-refractivity contribution in [1.29, 1.82) is 0 Å². The second kappa shape index (κ2) is 8.21. The summed E-state index contributed by atoms with van der Waals surface area (Å²) in [5, 5.41) is 13.3. The van der Waals surface area contributed by atoms with Crippen molar-refractivity contribution in [1.82, 2.24) is 10.2 Å². The normalized spacial score (nSPS) is 29.2. The topological polar surface area (TPSA) is 69.6 Å². The molecule has 5 nitrogen and oxygen atoms in total. The van der Waals surface area contributed by atoms with Crippen molar-refractivity contribution in [3.05, 3.63) is 35.9 Å². The molecular weight excluding hydrogens is 328 g/mol. The molecule has 1 unspecified atom stereocenters. The smallest absolute Gasteiger partial charge is 0.225 e. The molecule has 2 fully saturated rings. The highest BCUT2D eigenvalue weighted by molar-refractivity contribution is 5.80. The third-order valence-electron chi connectivity index (χ3n) is 5.98. The molecule has 0 spiro atoms. The molecule has 1 atom stereocenters. The molecule has 0 aromatic heterocycles. The molecule has 1 aliphatic heterocycles. The van der Waals surface area contributed by atoms with Gasteiger partial charge in [0.2, 0.25) is 11.8 Å². The van der Waals surface area contributed by atoms with Crippen LogP contribution in [0.3, 0.4) is 0 Å². The zero-order valence-electron chi connectivity index (χ0n) is 15.6. The minimum absolute atomic E-state index is 0.0531. The lowest BCUT2D eigenvalue weighted by molar-refractivity contribution is -0.146. The van der Waals surface area contributed by atoms with E-state index in [9.17, 15) is 14.7 Å². The highest BCUT2D eigenvalue weighted by Gasteiger charge is 2.39. The Labute approximate surface area is 155 Å².